The molecule has 0 bridgehead atoms. The van der Waals surface area contributed by atoms with Crippen LogP contribution in [0.4, 0.5) is 0 Å². The molecule has 0 radical (unpaired) electrons. The number of hydrogen-bond acceptors (Lipinski definition) is 5. The van der Waals surface area contributed by atoms with Gasteiger partial charge >= 0.3 is 5.69 Å². The van der Waals surface area contributed by atoms with Gasteiger partial charge in [-0.25, -0.2) is 9.78 Å². The maximum Gasteiger partial charge on any atom is 0.347 e. The molecule has 0 aromatic carbocycles. The summed E-state index contributed by atoms with van der Waals surface area (Å²) in [5.41, 5.74) is 5.17. The molecule has 0 saturated carbocycles. The average Bonchev–Trinajstić information content (AvgIpc) is 2.62. The van der Waals surface area contributed by atoms with E-state index in [-0.39, 0.29) is 24.4 Å². The number of amides is 2. The van der Waals surface area contributed by atoms with Crippen molar-refractivity contribution in [2.45, 2.75) is 38.3 Å². The lowest BCUT2D eigenvalue weighted by Gasteiger charge is -2.47. The van der Waals surface area contributed by atoms with Crippen molar-refractivity contribution in [3.63, 3.8) is 0 Å². The summed E-state index contributed by atoms with van der Waals surface area (Å²) < 4.78 is 1.33. The number of carbonyl (C=O) groups excluding carboxylic acids is 2. The number of likely N-dealkylation sites (tertiary alicyclic amines) is 2. The zero-order chi connectivity index (χ0) is 17.8. The van der Waals surface area contributed by atoms with E-state index in [1.54, 1.807) is 12.3 Å². The van der Waals surface area contributed by atoms with Gasteiger partial charge in [-0.05, 0) is 37.8 Å². The minimum atomic E-state index is -0.415. The quantitative estimate of drug-likeness (QED) is 0.769. The fraction of sp³-hybridized carbons (Fsp3) is 0.647. The molecule has 25 heavy (non-hydrogen) atoms. The molecule has 2 atom stereocenters. The van der Waals surface area contributed by atoms with Crippen LogP contribution in [-0.4, -0.2) is 63.4 Å². The lowest BCUT2D eigenvalue weighted by molar-refractivity contribution is -0.144. The average molecular weight is 347 g/mol. The molecule has 2 aliphatic heterocycles. The van der Waals surface area contributed by atoms with Crippen LogP contribution in [-0.2, 0) is 16.1 Å². The Morgan fingerprint density at radius 2 is 2.16 bits per heavy atom. The molecule has 2 fully saturated rings. The minimum absolute atomic E-state index is 0.0138. The van der Waals surface area contributed by atoms with Gasteiger partial charge in [-0.2, -0.15) is 0 Å². The third-order valence-corrected chi connectivity index (χ3v) is 5.19. The SMILES string of the molecule is NCCCN1C(=O)CC[C@H]2CN(C(=O)Cn3cccnc3=O)CC[C@H]21. The third-order valence-electron chi connectivity index (χ3n) is 5.19. The van der Waals surface area contributed by atoms with Crippen molar-refractivity contribution in [3.05, 3.63) is 28.9 Å². The van der Waals surface area contributed by atoms with Gasteiger partial charge in [-0.1, -0.05) is 0 Å². The topological polar surface area (TPSA) is 102 Å². The van der Waals surface area contributed by atoms with Crippen LogP contribution in [0.3, 0.4) is 0 Å². The van der Waals surface area contributed by atoms with Gasteiger partial charge in [0.2, 0.25) is 11.8 Å². The Hall–Kier alpha value is -2.22. The number of nitrogens with zero attached hydrogens (tertiary/aromatic N) is 4. The monoisotopic (exact) mass is 347 g/mol. The van der Waals surface area contributed by atoms with Crippen LogP contribution < -0.4 is 11.4 Å². The molecular formula is C17H25N5O3. The van der Waals surface area contributed by atoms with Gasteiger partial charge < -0.3 is 15.5 Å². The van der Waals surface area contributed by atoms with Crippen molar-refractivity contribution in [1.29, 1.82) is 0 Å². The number of hydrogen-bond donors (Lipinski definition) is 1. The molecule has 0 spiro atoms. The van der Waals surface area contributed by atoms with Gasteiger partial charge in [0.1, 0.15) is 6.54 Å². The van der Waals surface area contributed by atoms with Gasteiger partial charge in [-0.15, -0.1) is 0 Å². The molecule has 2 saturated heterocycles. The number of carbonyl (C=O) groups is 2. The molecule has 1 aromatic rings. The van der Waals surface area contributed by atoms with E-state index in [4.69, 9.17) is 5.73 Å². The van der Waals surface area contributed by atoms with Gasteiger partial charge in [0.25, 0.3) is 0 Å². The van der Waals surface area contributed by atoms with E-state index in [1.165, 1.54) is 10.8 Å². The summed E-state index contributed by atoms with van der Waals surface area (Å²) in [7, 11) is 0. The third kappa shape index (κ3) is 3.89. The Balaban J connectivity index is 1.63. The molecule has 0 aliphatic carbocycles. The van der Waals surface area contributed by atoms with Crippen LogP contribution in [0.15, 0.2) is 23.3 Å². The maximum absolute atomic E-state index is 12.6. The molecule has 136 valence electrons. The van der Waals surface area contributed by atoms with Crippen LogP contribution in [0.25, 0.3) is 0 Å². The molecule has 1 aromatic heterocycles. The smallest absolute Gasteiger partial charge is 0.341 e. The van der Waals surface area contributed by atoms with Crippen LogP contribution in [0.2, 0.25) is 0 Å². The number of piperidine rings is 2. The lowest BCUT2D eigenvalue weighted by atomic mass is 9.83. The zero-order valence-electron chi connectivity index (χ0n) is 14.3. The highest BCUT2D eigenvalue weighted by molar-refractivity contribution is 5.78. The summed E-state index contributed by atoms with van der Waals surface area (Å²) in [6.45, 7) is 2.55. The molecule has 8 heteroatoms. The summed E-state index contributed by atoms with van der Waals surface area (Å²) >= 11 is 0. The van der Waals surface area contributed by atoms with Crippen molar-refractivity contribution in [1.82, 2.24) is 19.4 Å². The van der Waals surface area contributed by atoms with Crippen LogP contribution in [0.1, 0.15) is 25.7 Å². The van der Waals surface area contributed by atoms with Crippen molar-refractivity contribution < 1.29 is 9.59 Å². The first kappa shape index (κ1) is 17.6. The number of rotatable bonds is 5. The number of nitrogens with two attached hydrogens (primary N) is 1. The maximum atomic E-state index is 12.6. The fourth-order valence-corrected chi connectivity index (χ4v) is 3.88. The summed E-state index contributed by atoms with van der Waals surface area (Å²) in [5, 5.41) is 0. The Kier molecular flexibility index (Phi) is 5.47. The Bertz CT molecular complexity index is 689. The second-order valence-corrected chi connectivity index (χ2v) is 6.75. The highest BCUT2D eigenvalue weighted by Crippen LogP contribution is 2.31. The molecular weight excluding hydrogens is 322 g/mol. The van der Waals surface area contributed by atoms with Crippen molar-refractivity contribution in [2.24, 2.45) is 11.7 Å². The first-order valence-corrected chi connectivity index (χ1v) is 8.89. The lowest BCUT2D eigenvalue weighted by Crippen LogP contribution is -2.57. The normalized spacial score (nSPS) is 23.5. The van der Waals surface area contributed by atoms with Crippen molar-refractivity contribution >= 4 is 11.8 Å². The Morgan fingerprint density at radius 1 is 1.32 bits per heavy atom. The first-order chi connectivity index (χ1) is 12.1. The van der Waals surface area contributed by atoms with E-state index in [2.05, 4.69) is 4.98 Å². The predicted octanol–water partition coefficient (Wildman–Crippen LogP) is -0.568. The second kappa shape index (κ2) is 7.77. The fourth-order valence-electron chi connectivity index (χ4n) is 3.88. The van der Waals surface area contributed by atoms with Gasteiger partial charge in [-0.3, -0.25) is 14.2 Å². The molecule has 3 heterocycles. The molecule has 2 aliphatic rings. The van der Waals surface area contributed by atoms with E-state index in [1.807, 2.05) is 9.80 Å². The van der Waals surface area contributed by atoms with Gasteiger partial charge in [0.15, 0.2) is 0 Å². The summed E-state index contributed by atoms with van der Waals surface area (Å²) in [4.78, 5) is 43.9. The summed E-state index contributed by atoms with van der Waals surface area (Å²) in [6.07, 6.45) is 5.95. The highest BCUT2D eigenvalue weighted by atomic mass is 16.2. The van der Waals surface area contributed by atoms with Crippen LogP contribution in [0.5, 0.6) is 0 Å². The number of fused-ring (bicyclic) bond motifs is 1. The predicted molar refractivity (Wildman–Crippen MR) is 91.6 cm³/mol. The van der Waals surface area contributed by atoms with Crippen LogP contribution >= 0.6 is 0 Å². The number of aromatic nitrogens is 2. The Morgan fingerprint density at radius 3 is 2.92 bits per heavy atom. The standard InChI is InChI=1S/C17H25N5O3/c18-6-1-9-22-14-5-10-20(11-13(14)3-4-15(22)23)16(24)12-21-8-2-7-19-17(21)25/h2,7-8,13-14H,1,3-6,9-12,18H2/t13-,14+/m0/s1. The largest absolute Gasteiger partial charge is 0.347 e. The molecule has 2 amide bonds. The second-order valence-electron chi connectivity index (χ2n) is 6.75. The highest BCUT2D eigenvalue weighted by Gasteiger charge is 2.39. The van der Waals surface area contributed by atoms with Crippen LogP contribution in [0, 0.1) is 5.92 Å². The van der Waals surface area contributed by atoms with Crippen molar-refractivity contribution in [3.8, 4) is 0 Å². The first-order valence-electron chi connectivity index (χ1n) is 8.89. The Labute approximate surface area is 146 Å². The minimum Gasteiger partial charge on any atom is -0.341 e. The van der Waals surface area contributed by atoms with E-state index in [0.717, 1.165) is 19.3 Å². The van der Waals surface area contributed by atoms with E-state index in [9.17, 15) is 14.4 Å². The zero-order valence-corrected chi connectivity index (χ0v) is 14.3. The molecule has 2 N–H and O–H groups in total. The van der Waals surface area contributed by atoms with Gasteiger partial charge in [0.05, 0.1) is 0 Å². The van der Waals surface area contributed by atoms with Crippen molar-refractivity contribution in [2.75, 3.05) is 26.2 Å². The summed E-state index contributed by atoms with van der Waals surface area (Å²) in [6, 6.07) is 1.85. The molecule has 3 rings (SSSR count). The molecule has 0 unspecified atom stereocenters. The van der Waals surface area contributed by atoms with E-state index < -0.39 is 5.69 Å². The van der Waals surface area contributed by atoms with E-state index >= 15 is 0 Å². The molecule has 8 nitrogen and oxygen atoms in total. The van der Waals surface area contributed by atoms with Gasteiger partial charge in [0, 0.05) is 44.5 Å². The van der Waals surface area contributed by atoms with E-state index in [0.29, 0.717) is 38.5 Å². The summed E-state index contributed by atoms with van der Waals surface area (Å²) in [5.74, 6) is 0.439.